The van der Waals surface area contributed by atoms with Gasteiger partial charge in [0.1, 0.15) is 48.8 Å². The van der Waals surface area contributed by atoms with Crippen LogP contribution in [0.5, 0.6) is 0 Å². The molecule has 0 radical (unpaired) electrons. The Morgan fingerprint density at radius 3 is 2.03 bits per heavy atom. The van der Waals surface area contributed by atoms with Crippen molar-refractivity contribution < 1.29 is 64.3 Å². The molecule has 10 atom stereocenters. The van der Waals surface area contributed by atoms with Crippen LogP contribution in [-0.2, 0) is 28.5 Å². The van der Waals surface area contributed by atoms with Gasteiger partial charge in [0.2, 0.25) is 11.8 Å². The molecule has 2 fully saturated rings. The van der Waals surface area contributed by atoms with Gasteiger partial charge in [0.25, 0.3) is 0 Å². The highest BCUT2D eigenvalue weighted by Crippen LogP contribution is 2.29. The van der Waals surface area contributed by atoms with Gasteiger partial charge in [0.15, 0.2) is 12.6 Å². The van der Waals surface area contributed by atoms with Crippen LogP contribution in [0.15, 0.2) is 0 Å². The number of carbonyl (C=O) groups excluding carboxylic acids is 2. The first kappa shape index (κ1) is 29.7. The number of rotatable bonds is 13. The van der Waals surface area contributed by atoms with Crippen molar-refractivity contribution in [1.29, 1.82) is 0 Å². The molecule has 0 spiro atoms. The third kappa shape index (κ3) is 8.26. The number of ether oxygens (including phenoxy) is 4. The minimum absolute atomic E-state index is 0.0474. The van der Waals surface area contributed by atoms with Crippen LogP contribution in [0.4, 0.5) is 0 Å². The Balaban J connectivity index is 1.88. The molecule has 2 heterocycles. The minimum atomic E-state index is -1.78. The van der Waals surface area contributed by atoms with Crippen LogP contribution in [0, 0.1) is 0 Å². The van der Waals surface area contributed by atoms with E-state index in [-0.39, 0.29) is 31.9 Å². The van der Waals surface area contributed by atoms with Gasteiger partial charge >= 0.3 is 0 Å². The normalized spacial score (nSPS) is 37.7. The van der Waals surface area contributed by atoms with Crippen molar-refractivity contribution in [2.75, 3.05) is 26.4 Å². The van der Waals surface area contributed by atoms with E-state index in [0.29, 0.717) is 12.8 Å². The lowest BCUT2D eigenvalue weighted by atomic mass is 9.97. The van der Waals surface area contributed by atoms with Crippen LogP contribution in [0.25, 0.3) is 0 Å². The molecular formula is C20H36N2O13. The fourth-order valence-corrected chi connectivity index (χ4v) is 3.73. The molecule has 6 unspecified atom stereocenters. The summed E-state index contributed by atoms with van der Waals surface area (Å²) in [6, 6.07) is 0. The summed E-state index contributed by atoms with van der Waals surface area (Å²) < 4.78 is 21.5. The smallest absolute Gasteiger partial charge is 0.220 e. The van der Waals surface area contributed by atoms with Gasteiger partial charge in [-0.1, -0.05) is 0 Å². The maximum absolute atomic E-state index is 11.8. The van der Waals surface area contributed by atoms with E-state index in [4.69, 9.17) is 24.7 Å². The van der Waals surface area contributed by atoms with Crippen molar-refractivity contribution in [2.45, 2.75) is 87.1 Å². The van der Waals surface area contributed by atoms with E-state index in [1.165, 1.54) is 0 Å². The molecule has 0 aromatic carbocycles. The van der Waals surface area contributed by atoms with Crippen LogP contribution < -0.4 is 11.1 Å². The second-order valence-electron chi connectivity index (χ2n) is 8.40. The number of unbranched alkanes of at least 4 members (excludes halogenated alkanes) is 1. The molecule has 204 valence electrons. The number of carbonyl (C=O) groups is 2. The Bertz CT molecular complexity index is 669. The Morgan fingerprint density at radius 2 is 1.40 bits per heavy atom. The second-order valence-corrected chi connectivity index (χ2v) is 8.40. The van der Waals surface area contributed by atoms with E-state index in [2.05, 4.69) is 5.32 Å². The van der Waals surface area contributed by atoms with Crippen molar-refractivity contribution in [1.82, 2.24) is 5.32 Å². The number of nitrogens with two attached hydrogens (primary N) is 1. The van der Waals surface area contributed by atoms with Gasteiger partial charge in [-0.05, 0) is 12.8 Å². The quantitative estimate of drug-likeness (QED) is 0.105. The zero-order valence-electron chi connectivity index (χ0n) is 19.1. The molecule has 0 saturated carbocycles. The van der Waals surface area contributed by atoms with Gasteiger partial charge in [-0.2, -0.15) is 0 Å². The van der Waals surface area contributed by atoms with Gasteiger partial charge < -0.3 is 65.7 Å². The van der Waals surface area contributed by atoms with Gasteiger partial charge in [0, 0.05) is 19.4 Å². The maximum Gasteiger partial charge on any atom is 0.220 e. The number of amides is 2. The third-order valence-electron chi connectivity index (χ3n) is 5.74. The Hall–Kier alpha value is -1.50. The lowest BCUT2D eigenvalue weighted by molar-refractivity contribution is -0.360. The van der Waals surface area contributed by atoms with Crippen molar-refractivity contribution in [3.63, 3.8) is 0 Å². The topological polar surface area (TPSA) is 251 Å². The predicted octanol–water partition coefficient (Wildman–Crippen LogP) is -5.21. The fraction of sp³-hybridized carbons (Fsp3) is 0.900. The van der Waals surface area contributed by atoms with Crippen LogP contribution in [-0.4, -0.2) is 135 Å². The average molecular weight is 513 g/mol. The zero-order chi connectivity index (χ0) is 26.1. The van der Waals surface area contributed by atoms with Crippen LogP contribution >= 0.6 is 0 Å². The summed E-state index contributed by atoms with van der Waals surface area (Å²) in [6.07, 6.45) is -14.1. The molecule has 15 heteroatoms. The van der Waals surface area contributed by atoms with Gasteiger partial charge in [-0.25, -0.2) is 0 Å². The van der Waals surface area contributed by atoms with Gasteiger partial charge in [0.05, 0.1) is 19.8 Å². The molecule has 2 rings (SSSR count). The number of hydrogen-bond acceptors (Lipinski definition) is 13. The van der Waals surface area contributed by atoms with E-state index < -0.39 is 80.5 Å². The molecule has 0 aliphatic carbocycles. The van der Waals surface area contributed by atoms with E-state index in [0.717, 1.165) is 0 Å². The number of primary amides is 1. The lowest BCUT2D eigenvalue weighted by Crippen LogP contribution is -2.64. The predicted molar refractivity (Wildman–Crippen MR) is 113 cm³/mol. The molecule has 0 bridgehead atoms. The molecule has 2 aliphatic rings. The van der Waals surface area contributed by atoms with Gasteiger partial charge in [-0.3, -0.25) is 9.59 Å². The Labute approximate surface area is 201 Å². The van der Waals surface area contributed by atoms with E-state index >= 15 is 0 Å². The fourth-order valence-electron chi connectivity index (χ4n) is 3.73. The molecule has 2 amide bonds. The summed E-state index contributed by atoms with van der Waals surface area (Å²) in [4.78, 5) is 22.5. The standard InChI is InChI=1S/C20H36N2O13/c21-11(25)3-1-2-4-12(26)22-5-6-32-19-17(31)18(14(28)10(8-24)33-19)35-20-16(30)15(29)13(27)9(7-23)34-20/h9-10,13-20,23-24,27-31H,1-8H2,(H2,21,25)(H,22,26)/t9?,10?,13-,14-,15?,16?,17?,18?,19+,20-/m1/s1. The zero-order valence-corrected chi connectivity index (χ0v) is 19.1. The highest BCUT2D eigenvalue weighted by atomic mass is 16.7. The maximum atomic E-state index is 11.8. The average Bonchev–Trinajstić information content (AvgIpc) is 2.83. The van der Waals surface area contributed by atoms with Crippen molar-refractivity contribution >= 4 is 11.8 Å². The van der Waals surface area contributed by atoms with Crippen LogP contribution in [0.3, 0.4) is 0 Å². The molecule has 2 aliphatic heterocycles. The lowest BCUT2D eigenvalue weighted by Gasteiger charge is -2.45. The Morgan fingerprint density at radius 1 is 0.800 bits per heavy atom. The highest BCUT2D eigenvalue weighted by Gasteiger charge is 2.50. The Kier molecular flexibility index (Phi) is 12.1. The first-order valence-corrected chi connectivity index (χ1v) is 11.4. The number of aliphatic hydroxyl groups excluding tert-OH is 7. The molecule has 0 aromatic rings. The molecule has 15 nitrogen and oxygen atoms in total. The van der Waals surface area contributed by atoms with E-state index in [9.17, 15) is 45.3 Å². The van der Waals surface area contributed by atoms with Crippen molar-refractivity contribution in [2.24, 2.45) is 5.73 Å². The van der Waals surface area contributed by atoms with Gasteiger partial charge in [-0.15, -0.1) is 0 Å². The van der Waals surface area contributed by atoms with E-state index in [1.54, 1.807) is 0 Å². The summed E-state index contributed by atoms with van der Waals surface area (Å²) in [6.45, 7) is -1.45. The number of nitrogens with one attached hydrogen (secondary N) is 1. The summed E-state index contributed by atoms with van der Waals surface area (Å²) in [5.41, 5.74) is 5.03. The number of hydrogen-bond donors (Lipinski definition) is 9. The highest BCUT2D eigenvalue weighted by molar-refractivity contribution is 5.76. The SMILES string of the molecule is NC(=O)CCCCC(=O)NCCO[C@H]1OC(CO)[C@@H](O)C(O[C@H]2OC(CO)[C@@H](O)C(O)C2O)C1O. The summed E-state index contributed by atoms with van der Waals surface area (Å²) in [5, 5.41) is 72.5. The minimum Gasteiger partial charge on any atom is -0.394 e. The summed E-state index contributed by atoms with van der Waals surface area (Å²) >= 11 is 0. The molecule has 0 aromatic heterocycles. The summed E-state index contributed by atoms with van der Waals surface area (Å²) in [7, 11) is 0. The van der Waals surface area contributed by atoms with Crippen molar-refractivity contribution in [3.05, 3.63) is 0 Å². The first-order chi connectivity index (χ1) is 16.6. The largest absolute Gasteiger partial charge is 0.394 e. The molecule has 2 saturated heterocycles. The summed E-state index contributed by atoms with van der Waals surface area (Å²) in [5.74, 6) is -0.722. The van der Waals surface area contributed by atoms with Crippen LogP contribution in [0.2, 0.25) is 0 Å². The monoisotopic (exact) mass is 512 g/mol. The van der Waals surface area contributed by atoms with Crippen molar-refractivity contribution in [3.8, 4) is 0 Å². The molecule has 10 N–H and O–H groups in total. The number of aliphatic hydroxyl groups is 7. The first-order valence-electron chi connectivity index (χ1n) is 11.4. The van der Waals surface area contributed by atoms with E-state index in [1.807, 2.05) is 0 Å². The molecular weight excluding hydrogens is 476 g/mol. The third-order valence-corrected chi connectivity index (χ3v) is 5.74. The van der Waals surface area contributed by atoms with Crippen LogP contribution in [0.1, 0.15) is 25.7 Å². The second kappa shape index (κ2) is 14.3. The molecule has 35 heavy (non-hydrogen) atoms.